The number of ether oxygens (including phenoxy) is 4. The van der Waals surface area contributed by atoms with Gasteiger partial charge < -0.3 is 29.7 Å². The molecular weight excluding hydrogens is 457 g/mol. The molecule has 0 radical (unpaired) electrons. The highest BCUT2D eigenvalue weighted by molar-refractivity contribution is 5.94. The first kappa shape index (κ1) is 24.2. The molecule has 4 rings (SSSR count). The van der Waals surface area contributed by atoms with Crippen molar-refractivity contribution in [3.63, 3.8) is 0 Å². The third-order valence-corrected chi connectivity index (χ3v) is 5.54. The fourth-order valence-corrected chi connectivity index (χ4v) is 3.59. The van der Waals surface area contributed by atoms with Crippen LogP contribution in [0.3, 0.4) is 0 Å². The molecule has 34 heavy (non-hydrogen) atoms. The Kier molecular flexibility index (Phi) is 7.24. The fraction of sp³-hybridized carbons (Fsp3) is 0.478. The van der Waals surface area contributed by atoms with E-state index in [0.717, 1.165) is 12.7 Å². The van der Waals surface area contributed by atoms with Crippen LogP contribution in [0.1, 0.15) is 28.9 Å². The Balaban J connectivity index is 1.40. The lowest BCUT2D eigenvalue weighted by Gasteiger charge is -2.30. The lowest BCUT2D eigenvalue weighted by molar-refractivity contribution is -0.165. The van der Waals surface area contributed by atoms with Gasteiger partial charge in [-0.15, -0.1) is 0 Å². The topological polar surface area (TPSA) is 113 Å². The molecule has 0 bridgehead atoms. The summed E-state index contributed by atoms with van der Waals surface area (Å²) in [5, 5.41) is 0. The number of rotatable bonds is 9. The van der Waals surface area contributed by atoms with E-state index in [-0.39, 0.29) is 29.9 Å². The average molecular weight is 482 g/mol. The molecule has 1 aliphatic heterocycles. The van der Waals surface area contributed by atoms with Gasteiger partial charge in [0.15, 0.2) is 0 Å². The predicted octanol–water partition coefficient (Wildman–Crippen LogP) is 2.75. The zero-order chi connectivity index (χ0) is 24.3. The second-order valence-electron chi connectivity index (χ2n) is 8.40. The van der Waals surface area contributed by atoms with E-state index in [4.69, 9.17) is 24.7 Å². The van der Waals surface area contributed by atoms with Crippen molar-refractivity contribution in [2.75, 3.05) is 33.0 Å². The van der Waals surface area contributed by atoms with Gasteiger partial charge in [-0.3, -0.25) is 9.59 Å². The summed E-state index contributed by atoms with van der Waals surface area (Å²) in [5.74, 6) is -0.0491. The molecular formula is C23H25F3N2O6. The quantitative estimate of drug-likeness (QED) is 0.568. The van der Waals surface area contributed by atoms with Crippen molar-refractivity contribution in [1.29, 1.82) is 0 Å². The van der Waals surface area contributed by atoms with Gasteiger partial charge in [0, 0.05) is 12.2 Å². The summed E-state index contributed by atoms with van der Waals surface area (Å²) in [4.78, 5) is 25.0. The zero-order valence-corrected chi connectivity index (χ0v) is 18.2. The Bertz CT molecular complexity index is 1070. The monoisotopic (exact) mass is 482 g/mol. The van der Waals surface area contributed by atoms with E-state index in [9.17, 15) is 22.8 Å². The molecule has 8 nitrogen and oxygen atoms in total. The van der Waals surface area contributed by atoms with Gasteiger partial charge in [0.1, 0.15) is 35.8 Å². The summed E-state index contributed by atoms with van der Waals surface area (Å²) in [6.45, 7) is 2.19. The molecule has 1 saturated heterocycles. The molecule has 1 aromatic heterocycles. The van der Waals surface area contributed by atoms with Crippen LogP contribution in [0.25, 0.3) is 11.1 Å². The summed E-state index contributed by atoms with van der Waals surface area (Å²) in [5.41, 5.74) is 1.85. The normalized spacial score (nSPS) is 20.8. The second-order valence-corrected chi connectivity index (χ2v) is 8.40. The number of hydrogen-bond donors (Lipinski definition) is 2. The number of alkyl halides is 3. The molecule has 11 heteroatoms. The first-order valence-corrected chi connectivity index (χ1v) is 10.9. The number of nitrogens with one attached hydrogen (secondary N) is 1. The number of carbonyl (C=O) groups is 1. The Hall–Kier alpha value is -2.89. The van der Waals surface area contributed by atoms with E-state index in [0.29, 0.717) is 31.5 Å². The Morgan fingerprint density at radius 3 is 2.38 bits per heavy atom. The number of nitrogens with two attached hydrogens (primary N) is 1. The fourth-order valence-electron chi connectivity index (χ4n) is 3.59. The maximum absolute atomic E-state index is 13.5. The molecule has 2 heterocycles. The maximum Gasteiger partial charge on any atom is 0.431 e. The van der Waals surface area contributed by atoms with Crippen LogP contribution in [0.2, 0.25) is 0 Å². The molecule has 2 atom stereocenters. The van der Waals surface area contributed by atoms with Gasteiger partial charge in [0.2, 0.25) is 0 Å². The van der Waals surface area contributed by atoms with E-state index >= 15 is 0 Å². The van der Waals surface area contributed by atoms with Crippen LogP contribution in [0.5, 0.6) is 5.75 Å². The maximum atomic E-state index is 13.5. The third-order valence-electron chi connectivity index (χ3n) is 5.54. The van der Waals surface area contributed by atoms with Crippen molar-refractivity contribution in [2.24, 2.45) is 11.7 Å². The third kappa shape index (κ3) is 6.16. The van der Waals surface area contributed by atoms with Crippen LogP contribution in [0.4, 0.5) is 13.2 Å². The Morgan fingerprint density at radius 2 is 1.76 bits per heavy atom. The van der Waals surface area contributed by atoms with Gasteiger partial charge in [0.25, 0.3) is 11.5 Å². The minimum absolute atomic E-state index is 0.128. The van der Waals surface area contributed by atoms with E-state index < -0.39 is 28.9 Å². The van der Waals surface area contributed by atoms with Gasteiger partial charge in [0.05, 0.1) is 19.8 Å². The molecule has 1 aliphatic carbocycles. The number of benzene rings is 1. The minimum Gasteiger partial charge on any atom is -0.491 e. The van der Waals surface area contributed by atoms with Gasteiger partial charge in [-0.1, -0.05) is 12.1 Å². The summed E-state index contributed by atoms with van der Waals surface area (Å²) >= 11 is 0. The molecule has 1 saturated carbocycles. The first-order chi connectivity index (χ1) is 16.2. The summed E-state index contributed by atoms with van der Waals surface area (Å²) in [6.07, 6.45) is -2.90. The highest BCUT2D eigenvalue weighted by Crippen LogP contribution is 2.36. The molecule has 2 aromatic rings. The molecule has 3 N–H and O–H groups in total. The van der Waals surface area contributed by atoms with Crippen molar-refractivity contribution in [3.05, 3.63) is 51.9 Å². The smallest absolute Gasteiger partial charge is 0.431 e. The van der Waals surface area contributed by atoms with Crippen molar-refractivity contribution < 1.29 is 36.9 Å². The summed E-state index contributed by atoms with van der Waals surface area (Å²) in [7, 11) is 0. The van der Waals surface area contributed by atoms with Crippen LogP contribution in [0, 0.1) is 5.92 Å². The molecule has 2 fully saturated rings. The van der Waals surface area contributed by atoms with Crippen molar-refractivity contribution in [1.82, 2.24) is 4.98 Å². The second kappa shape index (κ2) is 10.2. The number of primary amides is 1. The van der Waals surface area contributed by atoms with Crippen LogP contribution in [0.15, 0.2) is 35.1 Å². The lowest BCUT2D eigenvalue weighted by atomic mass is 10.0. The molecule has 0 spiro atoms. The van der Waals surface area contributed by atoms with E-state index in [2.05, 4.69) is 0 Å². The van der Waals surface area contributed by atoms with Crippen molar-refractivity contribution in [2.45, 2.75) is 31.2 Å². The largest absolute Gasteiger partial charge is 0.491 e. The Morgan fingerprint density at radius 1 is 1.09 bits per heavy atom. The van der Waals surface area contributed by atoms with E-state index in [1.807, 2.05) is 0 Å². The van der Waals surface area contributed by atoms with Crippen molar-refractivity contribution >= 4 is 5.91 Å². The van der Waals surface area contributed by atoms with Crippen LogP contribution >= 0.6 is 0 Å². The number of H-pyrrole nitrogens is 1. The number of carbonyl (C=O) groups excluding carboxylic acids is 1. The van der Waals surface area contributed by atoms with Crippen LogP contribution < -0.4 is 16.0 Å². The molecule has 184 valence electrons. The minimum atomic E-state index is -4.84. The summed E-state index contributed by atoms with van der Waals surface area (Å²) in [6, 6.07) is 6.62. The Labute approximate surface area is 193 Å². The number of pyridine rings is 1. The number of halogens is 3. The molecule has 2 unspecified atom stereocenters. The number of aromatic nitrogens is 1. The first-order valence-electron chi connectivity index (χ1n) is 10.9. The van der Waals surface area contributed by atoms with E-state index in [1.54, 1.807) is 4.98 Å². The van der Waals surface area contributed by atoms with Crippen LogP contribution in [-0.2, 0) is 20.4 Å². The van der Waals surface area contributed by atoms with Gasteiger partial charge >= 0.3 is 6.18 Å². The molecule has 1 amide bonds. The zero-order valence-electron chi connectivity index (χ0n) is 18.2. The van der Waals surface area contributed by atoms with E-state index in [1.165, 1.54) is 37.1 Å². The van der Waals surface area contributed by atoms with Gasteiger partial charge in [-0.2, -0.15) is 13.2 Å². The highest BCUT2D eigenvalue weighted by Gasteiger charge is 2.36. The highest BCUT2D eigenvalue weighted by atomic mass is 19.4. The molecule has 2 aliphatic rings. The number of aromatic amines is 1. The molecule has 1 aromatic carbocycles. The predicted molar refractivity (Wildman–Crippen MR) is 115 cm³/mol. The standard InChI is InChI=1S/C23H25F3N2O6/c24-23(25,26)20-18(7-19(21(27)29)22(30)28-20)14-3-5-15(6-4-14)33-12-17-11-32-10-16(34-17)9-31-8-13-1-2-13/h3-7,13,16-17H,1-2,8-12H2,(H2,27,29)(H,28,30). The number of amides is 1. The average Bonchev–Trinajstić information content (AvgIpc) is 3.62. The lowest BCUT2D eigenvalue weighted by Crippen LogP contribution is -2.41. The van der Waals surface area contributed by atoms with Gasteiger partial charge in [-0.25, -0.2) is 0 Å². The number of hydrogen-bond acceptors (Lipinski definition) is 6. The van der Waals surface area contributed by atoms with Crippen LogP contribution in [-0.4, -0.2) is 56.1 Å². The summed E-state index contributed by atoms with van der Waals surface area (Å²) < 4.78 is 63.2. The SMILES string of the molecule is NC(=O)c1cc(-c2ccc(OCC3COCC(COCC4CC4)O3)cc2)c(C(F)(F)F)[nH]c1=O. The van der Waals surface area contributed by atoms with Crippen molar-refractivity contribution in [3.8, 4) is 16.9 Å². The van der Waals surface area contributed by atoms with Gasteiger partial charge in [-0.05, 0) is 42.5 Å².